The van der Waals surface area contributed by atoms with E-state index in [1.807, 2.05) is 0 Å². The predicted molar refractivity (Wildman–Crippen MR) is 86.2 cm³/mol. The van der Waals surface area contributed by atoms with Crippen molar-refractivity contribution in [3.63, 3.8) is 0 Å². The number of nitrogens with zero attached hydrogens (tertiary/aromatic N) is 2. The number of halogens is 1. The fourth-order valence-electron chi connectivity index (χ4n) is 2.88. The largest absolute Gasteiger partial charge is 0.362 e. The van der Waals surface area contributed by atoms with Gasteiger partial charge in [0.15, 0.2) is 0 Å². The average molecular weight is 312 g/mol. The number of hydrogen-bond donors (Lipinski definition) is 1. The van der Waals surface area contributed by atoms with Crippen molar-refractivity contribution in [3.8, 4) is 0 Å². The Morgan fingerprint density at radius 2 is 2.05 bits per heavy atom. The smallest absolute Gasteiger partial charge is 0.271 e. The number of nitro benzene ring substituents is 1. The lowest BCUT2D eigenvalue weighted by atomic mass is 9.83. The molecule has 1 aromatic carbocycles. The van der Waals surface area contributed by atoms with Crippen LogP contribution in [0.3, 0.4) is 0 Å². The summed E-state index contributed by atoms with van der Waals surface area (Å²) in [4.78, 5) is 12.7. The molecule has 2 rings (SSSR count). The maximum atomic E-state index is 10.9. The highest BCUT2D eigenvalue weighted by molar-refractivity contribution is 6.33. The van der Waals surface area contributed by atoms with Crippen molar-refractivity contribution in [2.45, 2.75) is 39.8 Å². The van der Waals surface area contributed by atoms with Crippen LogP contribution in [0.4, 0.5) is 11.4 Å². The van der Waals surface area contributed by atoms with Crippen LogP contribution in [0.1, 0.15) is 27.7 Å². The van der Waals surface area contributed by atoms with Crippen molar-refractivity contribution >= 4 is 23.0 Å². The van der Waals surface area contributed by atoms with Crippen LogP contribution in [-0.4, -0.2) is 30.1 Å². The topological polar surface area (TPSA) is 58.4 Å². The minimum atomic E-state index is -0.419. The molecule has 0 radical (unpaired) electrons. The van der Waals surface area contributed by atoms with Gasteiger partial charge in [0.25, 0.3) is 5.69 Å². The Hall–Kier alpha value is -1.33. The number of piperazine rings is 1. The van der Waals surface area contributed by atoms with Gasteiger partial charge in [-0.25, -0.2) is 0 Å². The Kier molecular flexibility index (Phi) is 4.44. The second-order valence-corrected chi connectivity index (χ2v) is 7.10. The number of rotatable bonds is 2. The van der Waals surface area contributed by atoms with E-state index in [9.17, 15) is 10.1 Å². The Morgan fingerprint density at radius 3 is 2.57 bits per heavy atom. The van der Waals surface area contributed by atoms with Crippen molar-refractivity contribution in [1.29, 1.82) is 0 Å². The van der Waals surface area contributed by atoms with Crippen LogP contribution in [0, 0.1) is 15.5 Å². The molecule has 1 saturated heterocycles. The van der Waals surface area contributed by atoms with E-state index in [4.69, 9.17) is 11.6 Å². The highest BCUT2D eigenvalue weighted by Gasteiger charge is 2.36. The van der Waals surface area contributed by atoms with Gasteiger partial charge >= 0.3 is 0 Å². The van der Waals surface area contributed by atoms with Crippen molar-refractivity contribution in [1.82, 2.24) is 5.32 Å². The maximum absolute atomic E-state index is 10.9. The molecule has 1 fully saturated rings. The first-order valence-corrected chi connectivity index (χ1v) is 7.52. The Morgan fingerprint density at radius 1 is 1.38 bits per heavy atom. The van der Waals surface area contributed by atoms with Crippen molar-refractivity contribution in [2.24, 2.45) is 5.41 Å². The average Bonchev–Trinajstić information content (AvgIpc) is 2.37. The first-order chi connectivity index (χ1) is 9.71. The molecule has 0 amide bonds. The SMILES string of the molecule is CC1CNCC(C(C)(C)C)N1c1ccc([N+](=O)[O-])cc1Cl. The molecule has 21 heavy (non-hydrogen) atoms. The van der Waals surface area contributed by atoms with Gasteiger partial charge in [0.05, 0.1) is 15.6 Å². The van der Waals surface area contributed by atoms with Crippen LogP contribution in [0.5, 0.6) is 0 Å². The van der Waals surface area contributed by atoms with Gasteiger partial charge in [-0.05, 0) is 18.4 Å². The zero-order chi connectivity index (χ0) is 15.8. The zero-order valence-electron chi connectivity index (χ0n) is 12.9. The number of non-ortho nitro benzene ring substituents is 1. The van der Waals surface area contributed by atoms with Gasteiger partial charge in [-0.2, -0.15) is 0 Å². The van der Waals surface area contributed by atoms with Crippen LogP contribution in [0.25, 0.3) is 0 Å². The summed E-state index contributed by atoms with van der Waals surface area (Å²) < 4.78 is 0. The van der Waals surface area contributed by atoms with E-state index in [2.05, 4.69) is 37.9 Å². The van der Waals surface area contributed by atoms with Crippen molar-refractivity contribution < 1.29 is 4.92 Å². The van der Waals surface area contributed by atoms with Crippen molar-refractivity contribution in [3.05, 3.63) is 33.3 Å². The third-order valence-corrected chi connectivity index (χ3v) is 4.31. The van der Waals surface area contributed by atoms with E-state index >= 15 is 0 Å². The molecule has 1 aliphatic heterocycles. The first-order valence-electron chi connectivity index (χ1n) is 7.15. The summed E-state index contributed by atoms with van der Waals surface area (Å²) in [5.41, 5.74) is 0.974. The summed E-state index contributed by atoms with van der Waals surface area (Å²) in [5, 5.41) is 14.7. The maximum Gasteiger partial charge on any atom is 0.271 e. The van der Waals surface area contributed by atoms with E-state index in [0.717, 1.165) is 18.8 Å². The van der Waals surface area contributed by atoms with Gasteiger partial charge < -0.3 is 10.2 Å². The summed E-state index contributed by atoms with van der Waals surface area (Å²) in [5.74, 6) is 0. The number of hydrogen-bond acceptors (Lipinski definition) is 4. The van der Waals surface area contributed by atoms with Gasteiger partial charge in [0.1, 0.15) is 0 Å². The molecule has 0 spiro atoms. The molecular weight excluding hydrogens is 290 g/mol. The molecule has 1 N–H and O–H groups in total. The number of nitrogens with one attached hydrogen (secondary N) is 1. The fourth-order valence-corrected chi connectivity index (χ4v) is 3.15. The summed E-state index contributed by atoms with van der Waals surface area (Å²) in [6.45, 7) is 10.5. The molecule has 1 aromatic rings. The minimum Gasteiger partial charge on any atom is -0.362 e. The summed E-state index contributed by atoms with van der Waals surface area (Å²) in [6.07, 6.45) is 0. The third-order valence-electron chi connectivity index (χ3n) is 4.01. The van der Waals surface area contributed by atoms with Gasteiger partial charge in [0.2, 0.25) is 0 Å². The van der Waals surface area contributed by atoms with E-state index < -0.39 is 4.92 Å². The van der Waals surface area contributed by atoms with Gasteiger partial charge in [-0.3, -0.25) is 10.1 Å². The lowest BCUT2D eigenvalue weighted by Crippen LogP contribution is -2.61. The monoisotopic (exact) mass is 311 g/mol. The molecule has 2 atom stereocenters. The molecule has 0 bridgehead atoms. The molecule has 1 aliphatic rings. The molecule has 0 aliphatic carbocycles. The van der Waals surface area contributed by atoms with Gasteiger partial charge in [0, 0.05) is 37.3 Å². The first kappa shape index (κ1) is 16.0. The van der Waals surface area contributed by atoms with Crippen LogP contribution in [0.15, 0.2) is 18.2 Å². The van der Waals surface area contributed by atoms with E-state index in [1.54, 1.807) is 6.07 Å². The second-order valence-electron chi connectivity index (χ2n) is 6.69. The fraction of sp³-hybridized carbons (Fsp3) is 0.600. The van der Waals surface area contributed by atoms with E-state index in [-0.39, 0.29) is 23.2 Å². The lowest BCUT2D eigenvalue weighted by molar-refractivity contribution is -0.384. The van der Waals surface area contributed by atoms with Gasteiger partial charge in [-0.1, -0.05) is 32.4 Å². The lowest BCUT2D eigenvalue weighted by Gasteiger charge is -2.48. The normalized spacial score (nSPS) is 23.2. The highest BCUT2D eigenvalue weighted by atomic mass is 35.5. The molecule has 0 saturated carbocycles. The molecule has 0 aromatic heterocycles. The molecule has 5 nitrogen and oxygen atoms in total. The summed E-state index contributed by atoms with van der Waals surface area (Å²) in [6, 6.07) is 5.28. The van der Waals surface area contributed by atoms with Gasteiger partial charge in [-0.15, -0.1) is 0 Å². The van der Waals surface area contributed by atoms with Crippen molar-refractivity contribution in [2.75, 3.05) is 18.0 Å². The summed E-state index contributed by atoms with van der Waals surface area (Å²) >= 11 is 6.32. The standard InChI is InChI=1S/C15H22ClN3O2/c1-10-8-17-9-14(15(2,3)4)18(10)13-6-5-11(19(20)21)7-12(13)16/h5-7,10,14,17H,8-9H2,1-4H3. The van der Waals surface area contributed by atoms with Crippen LogP contribution >= 0.6 is 11.6 Å². The Balaban J connectivity index is 2.43. The molecular formula is C15H22ClN3O2. The molecule has 2 unspecified atom stereocenters. The number of benzene rings is 1. The van der Waals surface area contributed by atoms with Crippen LogP contribution in [0.2, 0.25) is 5.02 Å². The number of anilines is 1. The highest BCUT2D eigenvalue weighted by Crippen LogP contribution is 2.37. The van der Waals surface area contributed by atoms with Crippen LogP contribution < -0.4 is 10.2 Å². The Labute approximate surface area is 130 Å². The summed E-state index contributed by atoms with van der Waals surface area (Å²) in [7, 11) is 0. The number of nitro groups is 1. The van der Waals surface area contributed by atoms with Crippen LogP contribution in [-0.2, 0) is 0 Å². The minimum absolute atomic E-state index is 0.0267. The third kappa shape index (κ3) is 3.30. The van der Waals surface area contributed by atoms with E-state index in [0.29, 0.717) is 5.02 Å². The predicted octanol–water partition coefficient (Wildman–Crippen LogP) is 3.46. The molecule has 116 valence electrons. The molecule has 1 heterocycles. The Bertz CT molecular complexity index is 542. The zero-order valence-corrected chi connectivity index (χ0v) is 13.6. The van der Waals surface area contributed by atoms with E-state index in [1.165, 1.54) is 12.1 Å². The second kappa shape index (κ2) is 5.81. The quantitative estimate of drug-likeness (QED) is 0.671. The molecule has 6 heteroatoms.